The second kappa shape index (κ2) is 5.10. The van der Waals surface area contributed by atoms with Crippen LogP contribution in [0.5, 0.6) is 0 Å². The number of hydrogen-bond donors (Lipinski definition) is 2. The van der Waals surface area contributed by atoms with Gasteiger partial charge in [-0.1, -0.05) is 0 Å². The fourth-order valence-electron chi connectivity index (χ4n) is 1.82. The first kappa shape index (κ1) is 12.3. The van der Waals surface area contributed by atoms with Gasteiger partial charge in [0.1, 0.15) is 5.69 Å². The number of hydrogen-bond acceptors (Lipinski definition) is 5. The molecule has 7 heteroatoms. The maximum Gasteiger partial charge on any atom is 0.277 e. The van der Waals surface area contributed by atoms with Crippen LogP contribution < -0.4 is 11.1 Å². The molecule has 3 rings (SSSR count). The van der Waals surface area contributed by atoms with Crippen molar-refractivity contribution in [3.05, 3.63) is 29.3 Å². The topological polar surface area (TPSA) is 85.8 Å². The summed E-state index contributed by atoms with van der Waals surface area (Å²) in [6.45, 7) is 1.18. The van der Waals surface area contributed by atoms with E-state index in [0.29, 0.717) is 29.8 Å². The summed E-state index contributed by atoms with van der Waals surface area (Å²) in [5.74, 6) is 0.373. The van der Waals surface area contributed by atoms with E-state index in [4.69, 9.17) is 5.73 Å². The lowest BCUT2D eigenvalue weighted by atomic mass is 10.3. The minimum atomic E-state index is -0.229. The average Bonchev–Trinajstić information content (AvgIpc) is 2.96. The fourth-order valence-corrected chi connectivity index (χ4v) is 2.61. The van der Waals surface area contributed by atoms with Gasteiger partial charge in [0.2, 0.25) is 0 Å². The highest BCUT2D eigenvalue weighted by atomic mass is 32.1. The Bertz CT molecular complexity index is 586. The number of imidazole rings is 1. The van der Waals surface area contributed by atoms with E-state index in [2.05, 4.69) is 15.3 Å². The lowest BCUT2D eigenvalue weighted by molar-refractivity contribution is 0.102. The molecule has 2 aromatic rings. The third-order valence-corrected chi connectivity index (χ3v) is 3.77. The number of nitrogens with two attached hydrogens (primary N) is 1. The van der Waals surface area contributed by atoms with Gasteiger partial charge in [-0.25, -0.2) is 9.97 Å². The van der Waals surface area contributed by atoms with Crippen LogP contribution in [-0.4, -0.2) is 27.0 Å². The number of nitrogens with one attached hydrogen (secondary N) is 1. The normalized spacial score (nSPS) is 14.6. The summed E-state index contributed by atoms with van der Waals surface area (Å²) < 4.78 is 1.80. The van der Waals surface area contributed by atoms with Gasteiger partial charge in [0.25, 0.3) is 5.91 Å². The summed E-state index contributed by atoms with van der Waals surface area (Å²) in [4.78, 5) is 20.4. The van der Waals surface area contributed by atoms with E-state index in [1.807, 2.05) is 5.38 Å². The largest absolute Gasteiger partial charge is 0.335 e. The van der Waals surface area contributed by atoms with E-state index in [1.54, 1.807) is 17.1 Å². The molecular formula is C12H15N5OS. The van der Waals surface area contributed by atoms with Gasteiger partial charge in [0.15, 0.2) is 5.13 Å². The molecule has 0 saturated heterocycles. The van der Waals surface area contributed by atoms with Crippen molar-refractivity contribution in [3.63, 3.8) is 0 Å². The third-order valence-electron chi connectivity index (χ3n) is 2.99. The molecule has 2 aromatic heterocycles. The first-order chi connectivity index (χ1) is 9.26. The summed E-state index contributed by atoms with van der Waals surface area (Å²) >= 11 is 1.46. The van der Waals surface area contributed by atoms with Crippen molar-refractivity contribution in [2.45, 2.75) is 25.3 Å². The van der Waals surface area contributed by atoms with Gasteiger partial charge in [-0.2, -0.15) is 0 Å². The van der Waals surface area contributed by atoms with Gasteiger partial charge < -0.3 is 10.3 Å². The van der Waals surface area contributed by atoms with Crippen LogP contribution in [0.3, 0.4) is 0 Å². The number of thiazole rings is 1. The summed E-state index contributed by atoms with van der Waals surface area (Å²) in [7, 11) is 0. The maximum absolute atomic E-state index is 12.0. The molecule has 0 aromatic carbocycles. The summed E-state index contributed by atoms with van der Waals surface area (Å²) in [6, 6.07) is 0. The highest BCUT2D eigenvalue weighted by Crippen LogP contribution is 2.40. The molecule has 6 nitrogen and oxygen atoms in total. The first-order valence-electron chi connectivity index (χ1n) is 6.25. The molecule has 1 aliphatic rings. The summed E-state index contributed by atoms with van der Waals surface area (Å²) in [5.41, 5.74) is 6.93. The molecule has 0 radical (unpaired) electrons. The number of carbonyl (C=O) groups is 1. The quantitative estimate of drug-likeness (QED) is 0.865. The van der Waals surface area contributed by atoms with Gasteiger partial charge in [-0.15, -0.1) is 11.3 Å². The van der Waals surface area contributed by atoms with Crippen LogP contribution in [0.25, 0.3) is 0 Å². The number of anilines is 1. The number of carbonyl (C=O) groups excluding carboxylic acids is 1. The van der Waals surface area contributed by atoms with E-state index < -0.39 is 0 Å². The van der Waals surface area contributed by atoms with Crippen molar-refractivity contribution >= 4 is 22.4 Å². The minimum absolute atomic E-state index is 0.229. The number of nitrogens with zero attached hydrogens (tertiary/aromatic N) is 3. The smallest absolute Gasteiger partial charge is 0.277 e. The Morgan fingerprint density at radius 1 is 1.58 bits per heavy atom. The standard InChI is InChI=1S/C12H15N5OS/c13-3-4-17-5-9(14-7-17)11(18)16-12-15-10(6-19-12)8-1-2-8/h5-8H,1-4,13H2,(H,15,16,18). The van der Waals surface area contributed by atoms with Crippen LogP contribution in [0, 0.1) is 0 Å². The fraction of sp³-hybridized carbons (Fsp3) is 0.417. The summed E-state index contributed by atoms with van der Waals surface area (Å²) in [5, 5.41) is 5.43. The zero-order chi connectivity index (χ0) is 13.2. The lowest BCUT2D eigenvalue weighted by Crippen LogP contribution is -2.12. The van der Waals surface area contributed by atoms with Gasteiger partial charge >= 0.3 is 0 Å². The Morgan fingerprint density at radius 2 is 2.42 bits per heavy atom. The van der Waals surface area contributed by atoms with E-state index in [9.17, 15) is 4.79 Å². The van der Waals surface area contributed by atoms with Crippen LogP contribution in [0.2, 0.25) is 0 Å². The van der Waals surface area contributed by atoms with Crippen LogP contribution in [-0.2, 0) is 6.54 Å². The highest BCUT2D eigenvalue weighted by Gasteiger charge is 2.26. The van der Waals surface area contributed by atoms with E-state index in [0.717, 1.165) is 5.69 Å². The molecule has 1 aliphatic carbocycles. The molecule has 0 unspecified atom stereocenters. The SMILES string of the molecule is NCCn1cnc(C(=O)Nc2nc(C3CC3)cs2)c1. The monoisotopic (exact) mass is 277 g/mol. The third kappa shape index (κ3) is 2.82. The highest BCUT2D eigenvalue weighted by molar-refractivity contribution is 7.14. The molecule has 0 spiro atoms. The van der Waals surface area contributed by atoms with Crippen molar-refractivity contribution in [2.24, 2.45) is 5.73 Å². The molecule has 100 valence electrons. The van der Waals surface area contributed by atoms with Crippen LogP contribution in [0.1, 0.15) is 34.9 Å². The molecule has 1 saturated carbocycles. The molecular weight excluding hydrogens is 262 g/mol. The van der Waals surface area contributed by atoms with Crippen molar-refractivity contribution in [2.75, 3.05) is 11.9 Å². The van der Waals surface area contributed by atoms with Crippen molar-refractivity contribution in [3.8, 4) is 0 Å². The molecule has 19 heavy (non-hydrogen) atoms. The van der Waals surface area contributed by atoms with Crippen LogP contribution in [0.4, 0.5) is 5.13 Å². The van der Waals surface area contributed by atoms with Crippen LogP contribution in [0.15, 0.2) is 17.9 Å². The minimum Gasteiger partial charge on any atom is -0.335 e. The zero-order valence-corrected chi connectivity index (χ0v) is 11.2. The molecule has 0 aliphatic heterocycles. The molecule has 0 bridgehead atoms. The Kier molecular flexibility index (Phi) is 3.31. The Hall–Kier alpha value is -1.73. The van der Waals surface area contributed by atoms with Gasteiger partial charge in [-0.05, 0) is 12.8 Å². The Labute approximate surface area is 114 Å². The first-order valence-corrected chi connectivity index (χ1v) is 7.13. The van der Waals surface area contributed by atoms with E-state index >= 15 is 0 Å². The van der Waals surface area contributed by atoms with Crippen LogP contribution >= 0.6 is 11.3 Å². The number of aromatic nitrogens is 3. The number of rotatable bonds is 5. The summed E-state index contributed by atoms with van der Waals surface area (Å²) in [6.07, 6.45) is 5.72. The van der Waals surface area contributed by atoms with Gasteiger partial charge in [0.05, 0.1) is 12.0 Å². The Balaban J connectivity index is 1.65. The lowest BCUT2D eigenvalue weighted by Gasteiger charge is -1.98. The predicted molar refractivity (Wildman–Crippen MR) is 73.3 cm³/mol. The average molecular weight is 277 g/mol. The molecule has 1 amide bonds. The van der Waals surface area contributed by atoms with Gasteiger partial charge in [0, 0.05) is 30.6 Å². The Morgan fingerprint density at radius 3 is 3.16 bits per heavy atom. The molecule has 2 heterocycles. The molecule has 0 atom stereocenters. The molecule has 1 fully saturated rings. The molecule has 3 N–H and O–H groups in total. The second-order valence-corrected chi connectivity index (χ2v) is 5.45. The predicted octanol–water partition coefficient (Wildman–Crippen LogP) is 1.43. The number of amides is 1. The van der Waals surface area contributed by atoms with Crippen molar-refractivity contribution in [1.29, 1.82) is 0 Å². The van der Waals surface area contributed by atoms with Gasteiger partial charge in [-0.3, -0.25) is 10.1 Å². The van der Waals surface area contributed by atoms with Crippen molar-refractivity contribution in [1.82, 2.24) is 14.5 Å². The van der Waals surface area contributed by atoms with E-state index in [-0.39, 0.29) is 5.91 Å². The maximum atomic E-state index is 12.0. The zero-order valence-electron chi connectivity index (χ0n) is 10.4. The van der Waals surface area contributed by atoms with Crippen molar-refractivity contribution < 1.29 is 4.79 Å². The van der Waals surface area contributed by atoms with E-state index in [1.165, 1.54) is 24.2 Å². The second-order valence-electron chi connectivity index (χ2n) is 4.59.